The van der Waals surface area contributed by atoms with Gasteiger partial charge in [-0.25, -0.2) is 0 Å². The van der Waals surface area contributed by atoms with E-state index in [-0.39, 0.29) is 34.1 Å². The van der Waals surface area contributed by atoms with Crippen LogP contribution in [0, 0.1) is 0 Å². The molecule has 0 amide bonds. The maximum atomic E-state index is 7.81. The molecule has 1 nitrogen and oxygen atoms in total. The summed E-state index contributed by atoms with van der Waals surface area (Å²) in [5.74, 6) is 0. The van der Waals surface area contributed by atoms with Gasteiger partial charge >= 0.3 is 19.8 Å². The van der Waals surface area contributed by atoms with E-state index in [1.807, 2.05) is 0 Å². The second-order valence-electron chi connectivity index (χ2n) is 0. The molecule has 0 saturated heterocycles. The number of hydrogen-bond donors (Lipinski definition) is 0. The first-order valence-corrected chi connectivity index (χ1v) is 0.508. The molecule has 32 valence electrons. The molecule has 0 atom stereocenters. The molecule has 0 heterocycles. The van der Waals surface area contributed by atoms with Gasteiger partial charge in [0, 0.05) is 34.1 Å². The normalized spacial score (nSPS) is 1.50. The number of rotatable bonds is 0. The van der Waals surface area contributed by atoms with Crippen LogP contribution in [0.1, 0.15) is 0 Å². The predicted molar refractivity (Wildman–Crippen MR) is 0.686 cm³/mol. The Hall–Kier alpha value is 1.36. The van der Waals surface area contributed by atoms with Crippen molar-refractivity contribution in [3.63, 3.8) is 0 Å². The van der Waals surface area contributed by atoms with Crippen LogP contribution in [0.4, 0.5) is 0 Å². The van der Waals surface area contributed by atoms with Crippen molar-refractivity contribution in [2.45, 2.75) is 0 Å². The third kappa shape index (κ3) is 10.1. The van der Waals surface area contributed by atoms with Gasteiger partial charge in [0.05, 0.1) is 0 Å². The maximum absolute atomic E-state index is 7.81. The molecule has 0 fully saturated rings. The van der Waals surface area contributed by atoms with Crippen LogP contribution in [0.5, 0.6) is 0 Å². The second-order valence-corrected chi connectivity index (χ2v) is 0. The van der Waals surface area contributed by atoms with Crippen molar-refractivity contribution >= 4 is 0 Å². The first-order valence-electron chi connectivity index (χ1n) is 0.123. The Balaban J connectivity index is -0.00000000500. The van der Waals surface area contributed by atoms with Gasteiger partial charge in [-0.15, -0.1) is 0 Å². The van der Waals surface area contributed by atoms with E-state index < -0.39 is 0 Å². The molecule has 4 heavy (non-hydrogen) atoms. The zero-order chi connectivity index (χ0) is 2.00. The summed E-state index contributed by atoms with van der Waals surface area (Å²) in [5, 5.41) is 0. The van der Waals surface area contributed by atoms with E-state index in [4.69, 9.17) is 3.83 Å². The summed E-state index contributed by atoms with van der Waals surface area (Å²) >= 11 is 2.94. The fourth-order valence-corrected chi connectivity index (χ4v) is 0. The van der Waals surface area contributed by atoms with Gasteiger partial charge in [0.15, 0.2) is 0 Å². The predicted octanol–water partition coefficient (Wildman–Crippen LogP) is -0.126. The third-order valence-electron chi connectivity index (χ3n) is 0. The van der Waals surface area contributed by atoms with Gasteiger partial charge in [0.1, 0.15) is 0 Å². The van der Waals surface area contributed by atoms with E-state index in [0.717, 1.165) is 0 Å². The SMILES string of the molecule is [Fe].[Mn].[O]=[Cu]. The Kier molecular flexibility index (Phi) is 122. The van der Waals surface area contributed by atoms with E-state index in [0.29, 0.717) is 0 Å². The molecule has 0 aromatic rings. The third-order valence-corrected chi connectivity index (χ3v) is 0. The topological polar surface area (TPSA) is 17.1 Å². The van der Waals surface area contributed by atoms with Gasteiger partial charge in [-0.1, -0.05) is 0 Å². The summed E-state index contributed by atoms with van der Waals surface area (Å²) in [6.07, 6.45) is 0. The Morgan fingerprint density at radius 3 is 1.25 bits per heavy atom. The van der Waals surface area contributed by atoms with Gasteiger partial charge in [0.25, 0.3) is 0 Å². The molecule has 0 N–H and O–H groups in total. The van der Waals surface area contributed by atoms with Crippen LogP contribution in [0.15, 0.2) is 0 Å². The average molecular weight is 190 g/mol. The van der Waals surface area contributed by atoms with Gasteiger partial charge in [-0.2, -0.15) is 0 Å². The van der Waals surface area contributed by atoms with Gasteiger partial charge in [-0.05, 0) is 0 Å². The molecule has 0 bridgehead atoms. The molecule has 0 aliphatic heterocycles. The van der Waals surface area contributed by atoms with Crippen LogP contribution >= 0.6 is 0 Å². The molecule has 0 aliphatic rings. The molecular formula is CuFeMnO. The van der Waals surface area contributed by atoms with Crippen LogP contribution in [0.25, 0.3) is 0 Å². The van der Waals surface area contributed by atoms with Crippen LogP contribution in [0.2, 0.25) is 0 Å². The average Bonchev–Trinajstić information content (AvgIpc) is 1.00. The standard InChI is InChI=1S/Cu.Fe.Mn.O. The molecule has 0 saturated carbocycles. The van der Waals surface area contributed by atoms with Crippen molar-refractivity contribution in [2.75, 3.05) is 0 Å². The van der Waals surface area contributed by atoms with E-state index in [1.54, 1.807) is 0 Å². The summed E-state index contributed by atoms with van der Waals surface area (Å²) < 4.78 is 7.81. The molecule has 0 aromatic carbocycles. The minimum atomic E-state index is 0. The summed E-state index contributed by atoms with van der Waals surface area (Å²) in [5.41, 5.74) is 0. The Labute approximate surface area is 53.9 Å². The van der Waals surface area contributed by atoms with Crippen LogP contribution in [0.3, 0.4) is 0 Å². The van der Waals surface area contributed by atoms with Crippen LogP contribution in [-0.2, 0) is 53.9 Å². The van der Waals surface area contributed by atoms with Gasteiger partial charge in [-0.3, -0.25) is 0 Å². The first-order chi connectivity index (χ1) is 1.00. The summed E-state index contributed by atoms with van der Waals surface area (Å²) in [6, 6.07) is 0. The Morgan fingerprint density at radius 1 is 1.25 bits per heavy atom. The van der Waals surface area contributed by atoms with Crippen molar-refractivity contribution in [1.82, 2.24) is 0 Å². The summed E-state index contributed by atoms with van der Waals surface area (Å²) in [6.45, 7) is 0. The van der Waals surface area contributed by atoms with Crippen molar-refractivity contribution < 1.29 is 53.9 Å². The van der Waals surface area contributed by atoms with Crippen molar-refractivity contribution in [1.29, 1.82) is 0 Å². The van der Waals surface area contributed by atoms with Gasteiger partial charge < -0.3 is 0 Å². The fourth-order valence-electron chi connectivity index (χ4n) is 0. The molecular weight excluding hydrogens is 190 g/mol. The van der Waals surface area contributed by atoms with Crippen LogP contribution in [-0.4, -0.2) is 0 Å². The monoisotopic (exact) mass is 190 g/mol. The van der Waals surface area contributed by atoms with E-state index in [2.05, 4.69) is 15.9 Å². The molecule has 4 heteroatoms. The zero-order valence-corrected chi connectivity index (χ0v) is 4.67. The van der Waals surface area contributed by atoms with Crippen molar-refractivity contribution in [3.05, 3.63) is 0 Å². The van der Waals surface area contributed by atoms with Crippen molar-refractivity contribution in [3.8, 4) is 0 Å². The molecule has 1 radical (unpaired) electrons. The molecule has 0 spiro atoms. The molecule has 0 aliphatic carbocycles. The summed E-state index contributed by atoms with van der Waals surface area (Å²) in [7, 11) is 0. The quantitative estimate of drug-likeness (QED) is 0.487. The van der Waals surface area contributed by atoms with E-state index in [1.165, 1.54) is 0 Å². The first kappa shape index (κ1) is 18.3. The van der Waals surface area contributed by atoms with E-state index in [9.17, 15) is 0 Å². The fraction of sp³-hybridized carbons (Fsp3) is 0. The molecule has 0 unspecified atom stereocenters. The summed E-state index contributed by atoms with van der Waals surface area (Å²) in [4.78, 5) is 0. The van der Waals surface area contributed by atoms with Crippen molar-refractivity contribution in [2.24, 2.45) is 0 Å². The Bertz CT molecular complexity index is 8.00. The molecule has 0 rings (SSSR count). The minimum absolute atomic E-state index is 0. The van der Waals surface area contributed by atoms with E-state index >= 15 is 0 Å². The number of hydrogen-bond acceptors (Lipinski definition) is 1. The Morgan fingerprint density at radius 2 is 1.25 bits per heavy atom. The zero-order valence-electron chi connectivity index (χ0n) is 1.44. The second kappa shape index (κ2) is 26.6. The van der Waals surface area contributed by atoms with Crippen LogP contribution < -0.4 is 0 Å². The molecule has 0 aromatic heterocycles. The van der Waals surface area contributed by atoms with Gasteiger partial charge in [0.2, 0.25) is 0 Å².